The van der Waals surface area contributed by atoms with Gasteiger partial charge in [0.05, 0.1) is 28.2 Å². The molecule has 1 saturated heterocycles. The van der Waals surface area contributed by atoms with Gasteiger partial charge in [-0.15, -0.1) is 0 Å². The van der Waals surface area contributed by atoms with Crippen molar-refractivity contribution < 1.29 is 19.1 Å². The van der Waals surface area contributed by atoms with Gasteiger partial charge in [0.1, 0.15) is 6.61 Å². The first kappa shape index (κ1) is 23.2. The molecule has 0 radical (unpaired) electrons. The number of rotatable bonds is 7. The third kappa shape index (κ3) is 4.02. The minimum absolute atomic E-state index is 0.157. The number of benzene rings is 2. The molecule has 35 heavy (non-hydrogen) atoms. The first-order chi connectivity index (χ1) is 17.0. The predicted octanol–water partition coefficient (Wildman–Crippen LogP) is 5.42. The highest BCUT2D eigenvalue weighted by Crippen LogP contribution is 2.65. The molecule has 6 atom stereocenters. The van der Waals surface area contributed by atoms with E-state index in [0.717, 1.165) is 30.6 Å². The van der Waals surface area contributed by atoms with E-state index >= 15 is 0 Å². The van der Waals surface area contributed by atoms with Crippen LogP contribution in [-0.2, 0) is 16.2 Å². The van der Waals surface area contributed by atoms with Crippen LogP contribution < -0.4 is 9.47 Å². The number of imide groups is 1. The number of carbonyl (C=O) groups excluding carboxylic acids is 2. The molecule has 1 aliphatic heterocycles. The maximum atomic E-state index is 13.2. The van der Waals surface area contributed by atoms with Crippen molar-refractivity contribution in [3.8, 4) is 11.5 Å². The van der Waals surface area contributed by atoms with Crippen molar-refractivity contribution in [2.75, 3.05) is 6.61 Å². The normalized spacial score (nSPS) is 30.1. The fourth-order valence-corrected chi connectivity index (χ4v) is 7.03. The van der Waals surface area contributed by atoms with Crippen molar-refractivity contribution in [2.24, 2.45) is 40.6 Å². The number of carbonyl (C=O) groups is 2. The molecule has 1 heterocycles. The number of hydrazone groups is 1. The molecule has 4 aliphatic carbocycles. The second-order valence-electron chi connectivity index (χ2n) is 9.57. The summed E-state index contributed by atoms with van der Waals surface area (Å²) < 4.78 is 13.8. The SMILES string of the molecule is CCOc1cc(/C=N\N2C(=O)[C@@H]3[C@H]4C=C[C@@H]([C@@H]5C[C@@H]45)[C@H]3C2=O)cc(I)c1OCc1ccc(Br)cc1. The van der Waals surface area contributed by atoms with Gasteiger partial charge in [-0.3, -0.25) is 9.59 Å². The number of halogens is 2. The smallest absolute Gasteiger partial charge is 0.254 e. The molecular weight excluding hydrogens is 623 g/mol. The Kier molecular flexibility index (Phi) is 5.99. The Morgan fingerprint density at radius 3 is 2.34 bits per heavy atom. The Labute approximate surface area is 226 Å². The van der Waals surface area contributed by atoms with Crippen molar-refractivity contribution in [3.63, 3.8) is 0 Å². The van der Waals surface area contributed by atoms with Crippen molar-refractivity contribution >= 4 is 56.5 Å². The van der Waals surface area contributed by atoms with Crippen LogP contribution in [0.4, 0.5) is 0 Å². The average molecular weight is 647 g/mol. The van der Waals surface area contributed by atoms with Gasteiger partial charge in [-0.2, -0.15) is 10.1 Å². The number of hydrogen-bond donors (Lipinski definition) is 0. The summed E-state index contributed by atoms with van der Waals surface area (Å²) in [5, 5.41) is 5.48. The van der Waals surface area contributed by atoms with Crippen LogP contribution in [0.1, 0.15) is 24.5 Å². The lowest BCUT2D eigenvalue weighted by Gasteiger charge is -2.37. The largest absolute Gasteiger partial charge is 0.490 e. The fraction of sp³-hybridized carbons (Fsp3) is 0.370. The number of hydrogen-bond acceptors (Lipinski definition) is 5. The van der Waals surface area contributed by atoms with E-state index in [9.17, 15) is 9.59 Å². The van der Waals surface area contributed by atoms with Gasteiger partial charge in [-0.1, -0.05) is 40.2 Å². The van der Waals surface area contributed by atoms with Crippen molar-refractivity contribution in [3.05, 3.63) is 67.7 Å². The molecule has 2 bridgehead atoms. The summed E-state index contributed by atoms with van der Waals surface area (Å²) in [5.41, 5.74) is 1.79. The Balaban J connectivity index is 1.21. The average Bonchev–Trinajstić information content (AvgIpc) is 3.63. The van der Waals surface area contributed by atoms with Gasteiger partial charge in [-0.05, 0) is 95.0 Å². The lowest BCUT2D eigenvalue weighted by Crippen LogP contribution is -2.40. The van der Waals surface area contributed by atoms with Crippen molar-refractivity contribution in [2.45, 2.75) is 20.0 Å². The van der Waals surface area contributed by atoms with Crippen LogP contribution in [0.3, 0.4) is 0 Å². The van der Waals surface area contributed by atoms with Crippen LogP contribution in [0.5, 0.6) is 11.5 Å². The third-order valence-corrected chi connectivity index (χ3v) is 8.92. The zero-order chi connectivity index (χ0) is 24.3. The van der Waals surface area contributed by atoms with Gasteiger partial charge in [0.2, 0.25) is 0 Å². The topological polar surface area (TPSA) is 68.2 Å². The van der Waals surface area contributed by atoms with Crippen LogP contribution in [0.25, 0.3) is 0 Å². The highest BCUT2D eigenvalue weighted by Gasteiger charge is 2.67. The minimum Gasteiger partial charge on any atom is -0.490 e. The monoisotopic (exact) mass is 646 g/mol. The second kappa shape index (κ2) is 9.03. The van der Waals surface area contributed by atoms with Gasteiger partial charge in [0, 0.05) is 4.47 Å². The van der Waals surface area contributed by atoms with Crippen LogP contribution >= 0.6 is 38.5 Å². The molecule has 3 fully saturated rings. The van der Waals surface area contributed by atoms with Crippen LogP contribution in [0, 0.1) is 39.1 Å². The summed E-state index contributed by atoms with van der Waals surface area (Å²) in [5.74, 6) is 2.00. The maximum Gasteiger partial charge on any atom is 0.254 e. The van der Waals surface area contributed by atoms with Crippen LogP contribution in [0.2, 0.25) is 0 Å². The minimum atomic E-state index is -0.244. The molecule has 2 amide bonds. The zero-order valence-corrected chi connectivity index (χ0v) is 22.8. The van der Waals surface area contributed by atoms with E-state index < -0.39 is 0 Å². The van der Waals surface area contributed by atoms with E-state index in [4.69, 9.17) is 9.47 Å². The molecular formula is C27H24BrIN2O4. The first-order valence-electron chi connectivity index (χ1n) is 11.9. The Morgan fingerprint density at radius 1 is 1.06 bits per heavy atom. The lowest BCUT2D eigenvalue weighted by atomic mass is 9.63. The molecule has 7 rings (SSSR count). The van der Waals surface area contributed by atoms with Gasteiger partial charge < -0.3 is 9.47 Å². The van der Waals surface area contributed by atoms with E-state index in [1.165, 1.54) is 0 Å². The number of ether oxygens (including phenoxy) is 2. The molecule has 8 heteroatoms. The fourth-order valence-electron chi connectivity index (χ4n) is 5.98. The standard InChI is InChI=1S/C27H24BrIN2O4/c1-2-34-22-10-15(9-21(29)25(22)35-13-14-3-5-16(28)6-4-14)12-30-31-26(32)23-17-7-8-18(20-11-19(17)20)24(23)27(31)33/h3-10,12,17-20,23-24H,2,11,13H2,1H3/b30-12-/t17-,18-,19-,20-,23+,24+/m0/s1. The molecule has 0 N–H and O–H groups in total. The highest BCUT2D eigenvalue weighted by molar-refractivity contribution is 14.1. The van der Waals surface area contributed by atoms with E-state index in [2.05, 4.69) is 55.8 Å². The maximum absolute atomic E-state index is 13.2. The van der Waals surface area contributed by atoms with E-state index in [1.54, 1.807) is 6.21 Å². The zero-order valence-electron chi connectivity index (χ0n) is 19.1. The molecule has 0 unspecified atom stereocenters. The molecule has 2 saturated carbocycles. The number of amides is 2. The Hall–Kier alpha value is -2.20. The van der Waals surface area contributed by atoms with Crippen molar-refractivity contribution in [1.29, 1.82) is 0 Å². The van der Waals surface area contributed by atoms with Crippen molar-refractivity contribution in [1.82, 2.24) is 5.01 Å². The van der Waals surface area contributed by atoms with Crippen LogP contribution in [0.15, 0.2) is 58.1 Å². The van der Waals surface area contributed by atoms with Crippen LogP contribution in [-0.4, -0.2) is 29.6 Å². The molecule has 0 aromatic heterocycles. The summed E-state index contributed by atoms with van der Waals surface area (Å²) in [4.78, 5) is 26.3. The molecule has 2 aromatic carbocycles. The molecule has 5 aliphatic rings. The van der Waals surface area contributed by atoms with E-state index in [0.29, 0.717) is 36.5 Å². The quantitative estimate of drug-likeness (QED) is 0.174. The summed E-state index contributed by atoms with van der Waals surface area (Å²) in [7, 11) is 0. The Bertz CT molecular complexity index is 1220. The van der Waals surface area contributed by atoms with E-state index in [-0.39, 0.29) is 35.5 Å². The lowest BCUT2D eigenvalue weighted by molar-refractivity contribution is -0.140. The summed E-state index contributed by atoms with van der Waals surface area (Å²) >= 11 is 5.66. The summed E-state index contributed by atoms with van der Waals surface area (Å²) in [6, 6.07) is 11.7. The molecule has 2 aromatic rings. The Morgan fingerprint density at radius 2 is 1.71 bits per heavy atom. The number of nitrogens with zero attached hydrogens (tertiary/aromatic N) is 2. The molecule has 0 spiro atoms. The first-order valence-corrected chi connectivity index (χ1v) is 13.8. The summed E-state index contributed by atoms with van der Waals surface area (Å²) in [6.45, 7) is 2.81. The van der Waals surface area contributed by atoms with Gasteiger partial charge in [0.25, 0.3) is 11.8 Å². The van der Waals surface area contributed by atoms with E-state index in [1.807, 2.05) is 43.3 Å². The van der Waals surface area contributed by atoms with Gasteiger partial charge in [0.15, 0.2) is 11.5 Å². The third-order valence-electron chi connectivity index (χ3n) is 7.59. The second-order valence-corrected chi connectivity index (χ2v) is 11.6. The van der Waals surface area contributed by atoms with Gasteiger partial charge >= 0.3 is 0 Å². The predicted molar refractivity (Wildman–Crippen MR) is 143 cm³/mol. The summed E-state index contributed by atoms with van der Waals surface area (Å²) in [6.07, 6.45) is 7.06. The number of allylic oxidation sites excluding steroid dienone is 2. The highest BCUT2D eigenvalue weighted by atomic mass is 127. The molecule has 180 valence electrons. The molecule has 6 nitrogen and oxygen atoms in total. The van der Waals surface area contributed by atoms with Gasteiger partial charge in [-0.25, -0.2) is 0 Å².